The van der Waals surface area contributed by atoms with Gasteiger partial charge in [0.15, 0.2) is 0 Å². The average Bonchev–Trinajstić information content (AvgIpc) is 2.92. The molecule has 1 heterocycles. The van der Waals surface area contributed by atoms with Crippen molar-refractivity contribution in [1.29, 1.82) is 5.41 Å². The van der Waals surface area contributed by atoms with Crippen molar-refractivity contribution in [1.82, 2.24) is 5.32 Å². The van der Waals surface area contributed by atoms with E-state index in [1.807, 2.05) is 39.0 Å². The predicted octanol–water partition coefficient (Wildman–Crippen LogP) is 2.44. The highest BCUT2D eigenvalue weighted by atomic mass is 16.2. The van der Waals surface area contributed by atoms with Crippen LogP contribution in [0.25, 0.3) is 0 Å². The number of nitrogens with one attached hydrogen (secondary N) is 4. The van der Waals surface area contributed by atoms with E-state index in [1.54, 1.807) is 0 Å². The number of anilines is 2. The van der Waals surface area contributed by atoms with E-state index in [-0.39, 0.29) is 5.91 Å². The first kappa shape index (κ1) is 15.5. The summed E-state index contributed by atoms with van der Waals surface area (Å²) in [6.07, 6.45) is 2.37. The van der Waals surface area contributed by atoms with Crippen molar-refractivity contribution in [2.24, 2.45) is 5.41 Å². The molecule has 4 N–H and O–H groups in total. The molecule has 1 unspecified atom stereocenters. The maximum atomic E-state index is 12.1. The molecule has 1 aromatic carbocycles. The van der Waals surface area contributed by atoms with Crippen LogP contribution < -0.4 is 16.0 Å². The van der Waals surface area contributed by atoms with Gasteiger partial charge in [0, 0.05) is 41.2 Å². The molecule has 21 heavy (non-hydrogen) atoms. The van der Waals surface area contributed by atoms with Crippen molar-refractivity contribution >= 4 is 23.5 Å². The maximum Gasteiger partial charge on any atom is 0.229 e. The quantitative estimate of drug-likeness (QED) is 0.643. The Balaban J connectivity index is 2.12. The fourth-order valence-electron chi connectivity index (χ4n) is 2.21. The first-order valence-electron chi connectivity index (χ1n) is 7.33. The van der Waals surface area contributed by atoms with E-state index in [9.17, 15) is 4.79 Å². The Morgan fingerprint density at radius 3 is 2.76 bits per heavy atom. The molecule has 1 aromatic rings. The highest BCUT2D eigenvalue weighted by Gasteiger charge is 2.22. The van der Waals surface area contributed by atoms with Gasteiger partial charge in [-0.15, -0.1) is 0 Å². The summed E-state index contributed by atoms with van der Waals surface area (Å²) >= 11 is 0. The monoisotopic (exact) mass is 288 g/mol. The van der Waals surface area contributed by atoms with Gasteiger partial charge in [-0.05, 0) is 31.2 Å². The molecule has 0 aromatic heterocycles. The van der Waals surface area contributed by atoms with Gasteiger partial charge in [-0.2, -0.15) is 0 Å². The number of amides is 1. The zero-order valence-corrected chi connectivity index (χ0v) is 12.9. The third-order valence-corrected chi connectivity index (χ3v) is 3.57. The molecule has 1 aliphatic heterocycles. The Morgan fingerprint density at radius 2 is 2.19 bits per heavy atom. The number of hydrogen-bond acceptors (Lipinski definition) is 4. The summed E-state index contributed by atoms with van der Waals surface area (Å²) in [6, 6.07) is 6.14. The van der Waals surface area contributed by atoms with Gasteiger partial charge in [-0.1, -0.05) is 20.8 Å². The van der Waals surface area contributed by atoms with Crippen LogP contribution >= 0.6 is 0 Å². The van der Waals surface area contributed by atoms with Crippen LogP contribution in [0.15, 0.2) is 18.2 Å². The molecule has 1 saturated heterocycles. The van der Waals surface area contributed by atoms with Crippen molar-refractivity contribution in [2.75, 3.05) is 23.7 Å². The minimum atomic E-state index is -0.453. The van der Waals surface area contributed by atoms with Crippen LogP contribution in [0.3, 0.4) is 0 Å². The Hall–Kier alpha value is -1.88. The minimum Gasteiger partial charge on any atom is -0.381 e. The number of hydrogen-bond donors (Lipinski definition) is 4. The van der Waals surface area contributed by atoms with Gasteiger partial charge in [-0.25, -0.2) is 0 Å². The van der Waals surface area contributed by atoms with Crippen LogP contribution in [0.2, 0.25) is 0 Å². The number of carbonyl (C=O) groups is 1. The molecular weight excluding hydrogens is 264 g/mol. The number of carbonyl (C=O) groups excluding carboxylic acids is 1. The normalized spacial score (nSPS) is 18.3. The maximum absolute atomic E-state index is 12.1. The lowest BCUT2D eigenvalue weighted by molar-refractivity contribution is -0.123. The van der Waals surface area contributed by atoms with Crippen LogP contribution in [0.4, 0.5) is 11.4 Å². The second kappa shape index (κ2) is 6.26. The topological polar surface area (TPSA) is 77.0 Å². The van der Waals surface area contributed by atoms with E-state index in [2.05, 4.69) is 16.0 Å². The fourth-order valence-corrected chi connectivity index (χ4v) is 2.21. The van der Waals surface area contributed by atoms with Crippen LogP contribution in [0.1, 0.15) is 32.8 Å². The largest absolute Gasteiger partial charge is 0.381 e. The molecule has 1 atom stereocenters. The Bertz CT molecular complexity index is 528. The lowest BCUT2D eigenvalue weighted by Crippen LogP contribution is -2.28. The van der Waals surface area contributed by atoms with Gasteiger partial charge >= 0.3 is 0 Å². The lowest BCUT2D eigenvalue weighted by atomic mass is 9.95. The Morgan fingerprint density at radius 1 is 1.43 bits per heavy atom. The van der Waals surface area contributed by atoms with Gasteiger partial charge in [0.05, 0.1) is 0 Å². The molecule has 1 aliphatic rings. The van der Waals surface area contributed by atoms with E-state index in [0.29, 0.717) is 17.3 Å². The highest BCUT2D eigenvalue weighted by Crippen LogP contribution is 2.23. The molecule has 5 heteroatoms. The number of rotatable bonds is 4. The molecule has 114 valence electrons. The zero-order valence-electron chi connectivity index (χ0n) is 12.9. The third kappa shape index (κ3) is 4.04. The molecule has 5 nitrogen and oxygen atoms in total. The molecule has 0 saturated carbocycles. The molecule has 2 rings (SSSR count). The van der Waals surface area contributed by atoms with Crippen molar-refractivity contribution < 1.29 is 4.79 Å². The van der Waals surface area contributed by atoms with Crippen LogP contribution in [0.5, 0.6) is 0 Å². The summed E-state index contributed by atoms with van der Waals surface area (Å²) in [5.74, 6) is -0.0497. The third-order valence-electron chi connectivity index (χ3n) is 3.57. The summed E-state index contributed by atoms with van der Waals surface area (Å²) in [5, 5.41) is 17.2. The van der Waals surface area contributed by atoms with E-state index >= 15 is 0 Å². The summed E-state index contributed by atoms with van der Waals surface area (Å²) in [5.41, 5.74) is 1.92. The predicted molar refractivity (Wildman–Crippen MR) is 87.3 cm³/mol. The zero-order chi connectivity index (χ0) is 15.5. The minimum absolute atomic E-state index is 0.0497. The summed E-state index contributed by atoms with van der Waals surface area (Å²) in [7, 11) is 0. The molecule has 0 spiro atoms. The summed E-state index contributed by atoms with van der Waals surface area (Å²) < 4.78 is 0. The van der Waals surface area contributed by atoms with Crippen molar-refractivity contribution in [2.45, 2.75) is 33.2 Å². The first-order valence-corrected chi connectivity index (χ1v) is 7.33. The van der Waals surface area contributed by atoms with E-state index in [0.717, 1.165) is 25.2 Å². The smallest absolute Gasteiger partial charge is 0.229 e. The Kier molecular flexibility index (Phi) is 4.63. The van der Waals surface area contributed by atoms with E-state index in [1.165, 1.54) is 6.21 Å². The SMILES string of the molecule is CC(C)(C)C(=O)Nc1ccc(NC2CCNC2)cc1C=N. The number of benzene rings is 1. The van der Waals surface area contributed by atoms with E-state index in [4.69, 9.17) is 5.41 Å². The molecule has 0 radical (unpaired) electrons. The van der Waals surface area contributed by atoms with Crippen molar-refractivity contribution in [3.63, 3.8) is 0 Å². The van der Waals surface area contributed by atoms with Crippen molar-refractivity contribution in [3.8, 4) is 0 Å². The summed E-state index contributed by atoms with van der Waals surface area (Å²) in [4.78, 5) is 12.1. The van der Waals surface area contributed by atoms with Gasteiger partial charge in [0.25, 0.3) is 0 Å². The Labute approximate surface area is 126 Å². The van der Waals surface area contributed by atoms with E-state index < -0.39 is 5.41 Å². The lowest BCUT2D eigenvalue weighted by Gasteiger charge is -2.19. The molecule has 1 fully saturated rings. The molecule has 0 aliphatic carbocycles. The van der Waals surface area contributed by atoms with Crippen LogP contribution in [-0.2, 0) is 4.79 Å². The highest BCUT2D eigenvalue weighted by molar-refractivity contribution is 5.99. The van der Waals surface area contributed by atoms with Gasteiger partial charge < -0.3 is 21.4 Å². The van der Waals surface area contributed by atoms with Crippen LogP contribution in [-0.4, -0.2) is 31.3 Å². The summed E-state index contributed by atoms with van der Waals surface area (Å²) in [6.45, 7) is 7.61. The van der Waals surface area contributed by atoms with Crippen molar-refractivity contribution in [3.05, 3.63) is 23.8 Å². The van der Waals surface area contributed by atoms with Gasteiger partial charge in [-0.3, -0.25) is 4.79 Å². The molecule has 1 amide bonds. The average molecular weight is 288 g/mol. The molecular formula is C16H24N4O. The second-order valence-electron chi connectivity index (χ2n) is 6.48. The fraction of sp³-hybridized carbons (Fsp3) is 0.500. The molecule has 0 bridgehead atoms. The second-order valence-corrected chi connectivity index (χ2v) is 6.48. The van der Waals surface area contributed by atoms with Crippen LogP contribution in [0, 0.1) is 10.8 Å². The van der Waals surface area contributed by atoms with Gasteiger partial charge in [0.2, 0.25) is 5.91 Å². The first-order chi connectivity index (χ1) is 9.90. The van der Waals surface area contributed by atoms with Gasteiger partial charge in [0.1, 0.15) is 0 Å². The standard InChI is InChI=1S/C16H24N4O/c1-16(2,3)15(21)20-14-5-4-12(8-11(14)9-17)19-13-6-7-18-10-13/h4-5,8-9,13,17-19H,6-7,10H2,1-3H3,(H,20,21).